The SMILES string of the molecule is CC(C)(CC(=O)O)NC(=O)c1cc(Cl)ccc1O. The number of aliphatic carboxylic acids is 1. The summed E-state index contributed by atoms with van der Waals surface area (Å²) in [6, 6.07) is 4.08. The van der Waals surface area contributed by atoms with Crippen LogP contribution in [0.1, 0.15) is 30.6 Å². The molecule has 1 amide bonds. The van der Waals surface area contributed by atoms with Crippen molar-refractivity contribution in [2.24, 2.45) is 0 Å². The summed E-state index contributed by atoms with van der Waals surface area (Å²) in [6.07, 6.45) is -0.222. The van der Waals surface area contributed by atoms with Crippen LogP contribution in [0.5, 0.6) is 5.75 Å². The predicted molar refractivity (Wildman–Crippen MR) is 66.9 cm³/mol. The van der Waals surface area contributed by atoms with Crippen LogP contribution >= 0.6 is 11.6 Å². The number of carboxylic acid groups (broad SMARTS) is 1. The molecule has 5 nitrogen and oxygen atoms in total. The zero-order valence-electron chi connectivity index (χ0n) is 10.0. The van der Waals surface area contributed by atoms with Crippen LogP contribution in [0.3, 0.4) is 0 Å². The molecule has 0 heterocycles. The maximum Gasteiger partial charge on any atom is 0.305 e. The second-order valence-corrected chi connectivity index (χ2v) is 5.01. The summed E-state index contributed by atoms with van der Waals surface area (Å²) in [4.78, 5) is 22.5. The number of aromatic hydroxyl groups is 1. The Kier molecular flexibility index (Phi) is 4.19. The standard InChI is InChI=1S/C12H14ClNO4/c1-12(2,6-10(16)17)14-11(18)8-5-7(13)3-4-9(8)15/h3-5,15H,6H2,1-2H3,(H,14,18)(H,16,17). The number of phenolic OH excluding ortho intramolecular Hbond substituents is 1. The monoisotopic (exact) mass is 271 g/mol. The van der Waals surface area contributed by atoms with Crippen molar-refractivity contribution in [2.45, 2.75) is 25.8 Å². The molecule has 0 aromatic heterocycles. The van der Waals surface area contributed by atoms with Gasteiger partial charge in [-0.2, -0.15) is 0 Å². The third kappa shape index (κ3) is 3.92. The molecule has 0 unspecified atom stereocenters. The fourth-order valence-electron chi connectivity index (χ4n) is 1.49. The van der Waals surface area contributed by atoms with E-state index in [1.165, 1.54) is 18.2 Å². The van der Waals surface area contributed by atoms with E-state index in [4.69, 9.17) is 16.7 Å². The number of carbonyl (C=O) groups is 2. The van der Waals surface area contributed by atoms with Gasteiger partial charge in [-0.05, 0) is 32.0 Å². The zero-order chi connectivity index (χ0) is 13.9. The molecule has 0 aliphatic heterocycles. The van der Waals surface area contributed by atoms with Crippen molar-refractivity contribution in [3.05, 3.63) is 28.8 Å². The van der Waals surface area contributed by atoms with Gasteiger partial charge in [-0.1, -0.05) is 11.6 Å². The Morgan fingerprint density at radius 1 is 1.39 bits per heavy atom. The lowest BCUT2D eigenvalue weighted by Crippen LogP contribution is -2.44. The molecule has 1 aromatic rings. The normalized spacial score (nSPS) is 11.1. The van der Waals surface area contributed by atoms with Crippen LogP contribution < -0.4 is 5.32 Å². The Morgan fingerprint density at radius 3 is 2.56 bits per heavy atom. The molecule has 6 heteroatoms. The third-order valence-electron chi connectivity index (χ3n) is 2.25. The van der Waals surface area contributed by atoms with Crippen molar-refractivity contribution in [3.8, 4) is 5.75 Å². The van der Waals surface area contributed by atoms with Crippen molar-refractivity contribution >= 4 is 23.5 Å². The molecular formula is C12H14ClNO4. The summed E-state index contributed by atoms with van der Waals surface area (Å²) in [5, 5.41) is 21.1. The van der Waals surface area contributed by atoms with E-state index in [0.717, 1.165) is 0 Å². The molecule has 0 atom stereocenters. The van der Waals surface area contributed by atoms with Gasteiger partial charge in [-0.15, -0.1) is 0 Å². The van der Waals surface area contributed by atoms with Gasteiger partial charge in [0.05, 0.1) is 12.0 Å². The quantitative estimate of drug-likeness (QED) is 0.782. The number of amides is 1. The van der Waals surface area contributed by atoms with Gasteiger partial charge in [0.15, 0.2) is 0 Å². The fourth-order valence-corrected chi connectivity index (χ4v) is 1.66. The highest BCUT2D eigenvalue weighted by Gasteiger charge is 2.25. The van der Waals surface area contributed by atoms with Gasteiger partial charge in [0, 0.05) is 10.6 Å². The summed E-state index contributed by atoms with van der Waals surface area (Å²) in [5.41, 5.74) is -0.904. The predicted octanol–water partition coefficient (Wildman–Crippen LogP) is 2.03. The minimum Gasteiger partial charge on any atom is -0.507 e. The van der Waals surface area contributed by atoms with Gasteiger partial charge < -0.3 is 15.5 Å². The molecule has 1 rings (SSSR count). The van der Waals surface area contributed by atoms with E-state index in [2.05, 4.69) is 5.32 Å². The number of phenols is 1. The highest BCUT2D eigenvalue weighted by molar-refractivity contribution is 6.31. The van der Waals surface area contributed by atoms with Crippen LogP contribution in [0.4, 0.5) is 0 Å². The number of halogens is 1. The van der Waals surface area contributed by atoms with Crippen LogP contribution in [0.25, 0.3) is 0 Å². The van der Waals surface area contributed by atoms with E-state index < -0.39 is 17.4 Å². The largest absolute Gasteiger partial charge is 0.507 e. The molecule has 0 saturated heterocycles. The highest BCUT2D eigenvalue weighted by atomic mass is 35.5. The number of hydrogen-bond acceptors (Lipinski definition) is 3. The Bertz CT molecular complexity index is 485. The van der Waals surface area contributed by atoms with Gasteiger partial charge in [-0.3, -0.25) is 9.59 Å². The molecule has 1 aromatic carbocycles. The molecule has 0 saturated carbocycles. The van der Waals surface area contributed by atoms with E-state index in [1.807, 2.05) is 0 Å². The summed E-state index contributed by atoms with van der Waals surface area (Å²) in [5.74, 6) is -1.79. The van der Waals surface area contributed by atoms with E-state index in [9.17, 15) is 14.7 Å². The first-order valence-electron chi connectivity index (χ1n) is 5.24. The van der Waals surface area contributed by atoms with Crippen molar-refractivity contribution in [1.82, 2.24) is 5.32 Å². The number of benzene rings is 1. The van der Waals surface area contributed by atoms with Gasteiger partial charge >= 0.3 is 5.97 Å². The molecule has 0 bridgehead atoms. The third-order valence-corrected chi connectivity index (χ3v) is 2.48. The second-order valence-electron chi connectivity index (χ2n) is 4.57. The smallest absolute Gasteiger partial charge is 0.305 e. The Hall–Kier alpha value is -1.75. The van der Waals surface area contributed by atoms with E-state index in [1.54, 1.807) is 13.8 Å². The average Bonchev–Trinajstić information content (AvgIpc) is 2.18. The lowest BCUT2D eigenvalue weighted by molar-refractivity contribution is -0.138. The zero-order valence-corrected chi connectivity index (χ0v) is 10.8. The first-order valence-corrected chi connectivity index (χ1v) is 5.62. The van der Waals surface area contributed by atoms with Gasteiger partial charge in [0.1, 0.15) is 5.75 Å². The summed E-state index contributed by atoms with van der Waals surface area (Å²) in [7, 11) is 0. The van der Waals surface area contributed by atoms with E-state index >= 15 is 0 Å². The lowest BCUT2D eigenvalue weighted by Gasteiger charge is -2.24. The first kappa shape index (κ1) is 14.3. The molecule has 0 aliphatic rings. The summed E-state index contributed by atoms with van der Waals surface area (Å²) >= 11 is 5.73. The van der Waals surface area contributed by atoms with Crippen LogP contribution in [-0.2, 0) is 4.79 Å². The van der Waals surface area contributed by atoms with E-state index in [-0.39, 0.29) is 17.7 Å². The van der Waals surface area contributed by atoms with Crippen molar-refractivity contribution in [2.75, 3.05) is 0 Å². The van der Waals surface area contributed by atoms with Crippen molar-refractivity contribution in [1.29, 1.82) is 0 Å². The fraction of sp³-hybridized carbons (Fsp3) is 0.333. The molecule has 0 radical (unpaired) electrons. The molecule has 3 N–H and O–H groups in total. The average molecular weight is 272 g/mol. The lowest BCUT2D eigenvalue weighted by atomic mass is 10.00. The highest BCUT2D eigenvalue weighted by Crippen LogP contribution is 2.22. The number of hydrogen-bond donors (Lipinski definition) is 3. The maximum atomic E-state index is 11.9. The molecule has 98 valence electrons. The van der Waals surface area contributed by atoms with Gasteiger partial charge in [0.25, 0.3) is 5.91 Å². The Balaban J connectivity index is 2.88. The Morgan fingerprint density at radius 2 is 2.00 bits per heavy atom. The molecule has 0 spiro atoms. The molecular weight excluding hydrogens is 258 g/mol. The molecule has 0 fully saturated rings. The maximum absolute atomic E-state index is 11.9. The second kappa shape index (κ2) is 5.27. The minimum absolute atomic E-state index is 0.0148. The van der Waals surface area contributed by atoms with Crippen molar-refractivity contribution in [3.63, 3.8) is 0 Å². The van der Waals surface area contributed by atoms with E-state index in [0.29, 0.717) is 5.02 Å². The number of nitrogens with one attached hydrogen (secondary N) is 1. The summed E-state index contributed by atoms with van der Waals surface area (Å²) < 4.78 is 0. The van der Waals surface area contributed by atoms with Gasteiger partial charge in [0.2, 0.25) is 0 Å². The molecule has 18 heavy (non-hydrogen) atoms. The van der Waals surface area contributed by atoms with Crippen LogP contribution in [0.2, 0.25) is 5.02 Å². The summed E-state index contributed by atoms with van der Waals surface area (Å²) in [6.45, 7) is 3.17. The van der Waals surface area contributed by atoms with Crippen LogP contribution in [-0.4, -0.2) is 27.6 Å². The topological polar surface area (TPSA) is 86.6 Å². The van der Waals surface area contributed by atoms with Gasteiger partial charge in [-0.25, -0.2) is 0 Å². The van der Waals surface area contributed by atoms with Crippen molar-refractivity contribution < 1.29 is 19.8 Å². The minimum atomic E-state index is -1.02. The molecule has 0 aliphatic carbocycles. The van der Waals surface area contributed by atoms with Crippen LogP contribution in [0, 0.1) is 0 Å². The van der Waals surface area contributed by atoms with Crippen LogP contribution in [0.15, 0.2) is 18.2 Å². The first-order chi connectivity index (χ1) is 8.21. The number of rotatable bonds is 4. The number of carboxylic acids is 1. The number of carbonyl (C=O) groups excluding carboxylic acids is 1. The Labute approximate surface area is 109 Å².